The molecule has 0 aromatic rings. The molecule has 0 aromatic heterocycles. The van der Waals surface area contributed by atoms with Crippen molar-refractivity contribution in [3.8, 4) is 0 Å². The van der Waals surface area contributed by atoms with E-state index in [9.17, 15) is 4.53 Å². The highest BCUT2D eigenvalue weighted by Gasteiger charge is 1.40. The van der Waals surface area contributed by atoms with Crippen LogP contribution in [-0.4, -0.2) is 0 Å². The summed E-state index contributed by atoms with van der Waals surface area (Å²) in [5, 5.41) is 0. The van der Waals surface area contributed by atoms with E-state index in [1.54, 1.807) is 0 Å². The molecule has 0 heterocycles. The number of hydrogen-bond acceptors (Lipinski definition) is 2. The van der Waals surface area contributed by atoms with Crippen molar-refractivity contribution in [1.82, 2.24) is 6.15 Å². The minimum atomic E-state index is 0. The fourth-order valence-electron chi connectivity index (χ4n) is 0. The molecule has 0 fully saturated rings. The highest BCUT2D eigenvalue weighted by Crippen LogP contribution is 1.70. The van der Waals surface area contributed by atoms with Gasteiger partial charge >= 0.3 is 0 Å². The van der Waals surface area contributed by atoms with Gasteiger partial charge in [0, 0.05) is 0 Å². The summed E-state index contributed by atoms with van der Waals surface area (Å²) >= 11 is 3.83. The maximum atomic E-state index is 9.56. The summed E-state index contributed by atoms with van der Waals surface area (Å²) in [6.45, 7) is 0. The molecule has 0 bridgehead atoms. The lowest BCUT2D eigenvalue weighted by Gasteiger charge is -1.44. The minimum absolute atomic E-state index is 0. The van der Waals surface area contributed by atoms with Crippen molar-refractivity contribution in [3.63, 3.8) is 0 Å². The first-order valence-electron chi connectivity index (χ1n) is 0.309. The van der Waals surface area contributed by atoms with Gasteiger partial charge in [0.05, 0.1) is 0 Å². The topological polar surface area (TPSA) is 44.2 Å². The largest absolute Gasteiger partial charge is 0.344 e. The van der Waals surface area contributed by atoms with Crippen LogP contribution in [0.3, 0.4) is 0 Å². The molecule has 4 heteroatoms. The highest BCUT2D eigenvalue weighted by atomic mass is 35.5. The molecular formula is CH7ClFNO. The third-order valence-electron chi connectivity index (χ3n) is 0. The van der Waals surface area contributed by atoms with Gasteiger partial charge in [-0.15, -0.1) is 0 Å². The first-order valence-corrected chi connectivity index (χ1v) is 0.617. The first kappa shape index (κ1) is 19.2. The Balaban J connectivity index is -0.0000000200. The molecule has 0 aromatic carbocycles. The summed E-state index contributed by atoms with van der Waals surface area (Å²) in [6, 6.07) is 0. The molecule has 0 saturated carbocycles. The van der Waals surface area contributed by atoms with Crippen molar-refractivity contribution >= 4 is 11.9 Å². The second-order valence-electron chi connectivity index (χ2n) is 0.0583. The number of rotatable bonds is 0. The molecule has 0 amide bonds. The average molecular weight is 104 g/mol. The molecule has 3 N–H and O–H groups in total. The Morgan fingerprint density at radius 3 is 1.60 bits per heavy atom. The van der Waals surface area contributed by atoms with Gasteiger partial charge in [-0.25, -0.2) is 0 Å². The van der Waals surface area contributed by atoms with Crippen molar-refractivity contribution in [3.05, 3.63) is 0 Å². The third kappa shape index (κ3) is 967. The number of hydrogen-bond donors (Lipinski definition) is 1. The molecule has 0 aliphatic heterocycles. The van der Waals surface area contributed by atoms with E-state index in [4.69, 9.17) is 0 Å². The van der Waals surface area contributed by atoms with Gasteiger partial charge in [0.25, 0.3) is 0 Å². The van der Waals surface area contributed by atoms with Crippen LogP contribution in [0, 0.1) is 0 Å². The molecule has 0 saturated heterocycles. The van der Waals surface area contributed by atoms with E-state index in [0.29, 0.717) is 0 Å². The Labute approximate surface area is 35.5 Å². The molecule has 0 rings (SSSR count). The van der Waals surface area contributed by atoms with Crippen LogP contribution >= 0.6 is 11.9 Å². The van der Waals surface area contributed by atoms with Gasteiger partial charge in [-0.2, -0.15) is 0 Å². The van der Waals surface area contributed by atoms with Crippen molar-refractivity contribution in [2.45, 2.75) is 7.43 Å². The number of halogens is 2. The standard InChI is InChI=1S/CH4.ClFO.H3N/c;1-3-2;/h1H4;;1H3. The second-order valence-corrected chi connectivity index (χ2v) is 0.175. The van der Waals surface area contributed by atoms with E-state index in [2.05, 4.69) is 16.4 Å². The van der Waals surface area contributed by atoms with Crippen LogP contribution in [0.25, 0.3) is 0 Å². The lowest BCUT2D eigenvalue weighted by atomic mass is 12.0. The predicted octanol–water partition coefficient (Wildman–Crippen LogP) is 1.84. The summed E-state index contributed by atoms with van der Waals surface area (Å²) in [5.41, 5.74) is 0. The molecular weight excluding hydrogens is 96.5 g/mol. The quantitative estimate of drug-likeness (QED) is 0.508. The molecule has 0 aliphatic rings. The van der Waals surface area contributed by atoms with Crippen LogP contribution in [0.1, 0.15) is 7.43 Å². The molecule has 0 radical (unpaired) electrons. The summed E-state index contributed by atoms with van der Waals surface area (Å²) < 4.78 is 11.8. The molecule has 5 heavy (non-hydrogen) atoms. The van der Waals surface area contributed by atoms with Gasteiger partial charge in [-0.1, -0.05) is 11.9 Å². The Morgan fingerprint density at radius 1 is 1.60 bits per heavy atom. The second kappa shape index (κ2) is 31.4. The van der Waals surface area contributed by atoms with E-state index in [0.717, 1.165) is 0 Å². The Bertz CT molecular complexity index is 11.6. The predicted molar refractivity (Wildman–Crippen MR) is 19.8 cm³/mol. The molecule has 36 valence electrons. The molecule has 0 aliphatic carbocycles. The molecule has 0 atom stereocenters. The third-order valence-corrected chi connectivity index (χ3v) is 0. The summed E-state index contributed by atoms with van der Waals surface area (Å²) in [4.78, 5) is 0. The Morgan fingerprint density at radius 2 is 1.60 bits per heavy atom. The van der Waals surface area contributed by atoms with Crippen LogP contribution in [0.15, 0.2) is 0 Å². The fourth-order valence-corrected chi connectivity index (χ4v) is 0. The van der Waals surface area contributed by atoms with Crippen LogP contribution in [-0.2, 0) is 4.49 Å². The van der Waals surface area contributed by atoms with Gasteiger partial charge in [0.2, 0.25) is 0 Å². The molecule has 0 unspecified atom stereocenters. The maximum Gasteiger partial charge on any atom is 0.106 e. The zero-order valence-corrected chi connectivity index (χ0v) is 2.63. The zero-order valence-electron chi connectivity index (χ0n) is 1.87. The maximum absolute atomic E-state index is 9.56. The Kier molecular flexibility index (Phi) is 121. The van der Waals surface area contributed by atoms with E-state index in [1.807, 2.05) is 0 Å². The van der Waals surface area contributed by atoms with Crippen molar-refractivity contribution in [2.75, 3.05) is 0 Å². The van der Waals surface area contributed by atoms with Crippen LogP contribution in [0.2, 0.25) is 0 Å². The van der Waals surface area contributed by atoms with Crippen molar-refractivity contribution < 1.29 is 9.02 Å². The zero-order chi connectivity index (χ0) is 2.71. The minimum Gasteiger partial charge on any atom is -0.344 e. The van der Waals surface area contributed by atoms with Crippen LogP contribution in [0.4, 0.5) is 4.53 Å². The van der Waals surface area contributed by atoms with E-state index in [-0.39, 0.29) is 13.6 Å². The van der Waals surface area contributed by atoms with E-state index < -0.39 is 0 Å². The van der Waals surface area contributed by atoms with Crippen molar-refractivity contribution in [2.24, 2.45) is 0 Å². The summed E-state index contributed by atoms with van der Waals surface area (Å²) in [7, 11) is 0. The first-order chi connectivity index (χ1) is 1.41. The van der Waals surface area contributed by atoms with Crippen LogP contribution in [0.5, 0.6) is 0 Å². The van der Waals surface area contributed by atoms with E-state index >= 15 is 0 Å². The van der Waals surface area contributed by atoms with Gasteiger partial charge in [0.1, 0.15) is 11.9 Å². The van der Waals surface area contributed by atoms with Gasteiger partial charge in [0.15, 0.2) is 0 Å². The van der Waals surface area contributed by atoms with Crippen molar-refractivity contribution in [1.29, 1.82) is 0 Å². The smallest absolute Gasteiger partial charge is 0.106 e. The fraction of sp³-hybridized carbons (Fsp3) is 1.00. The normalized spacial score (nSPS) is 3.60. The van der Waals surface area contributed by atoms with Gasteiger partial charge in [-0.3, -0.25) is 0 Å². The van der Waals surface area contributed by atoms with Gasteiger partial charge in [-0.05, 0) is 4.53 Å². The highest BCUT2D eigenvalue weighted by molar-refractivity contribution is 6.06. The average Bonchev–Trinajstić information content (AvgIpc) is 0.918. The summed E-state index contributed by atoms with van der Waals surface area (Å²) in [6.07, 6.45) is 0. The lowest BCUT2D eigenvalue weighted by Crippen LogP contribution is -1.21. The Hall–Kier alpha value is 0.140. The van der Waals surface area contributed by atoms with E-state index in [1.165, 1.54) is 0 Å². The SMILES string of the molecule is C.FOCl.N. The monoisotopic (exact) mass is 103 g/mol. The molecule has 2 nitrogen and oxygen atoms in total. The van der Waals surface area contributed by atoms with Crippen LogP contribution < -0.4 is 6.15 Å². The van der Waals surface area contributed by atoms with Gasteiger partial charge < -0.3 is 6.15 Å². The summed E-state index contributed by atoms with van der Waals surface area (Å²) in [5.74, 6) is 0. The molecule has 0 spiro atoms. The lowest BCUT2D eigenvalue weighted by molar-refractivity contribution is 0.00645.